The molecule has 2 N–H and O–H groups in total. The number of H-pyrrole nitrogens is 1. The second-order valence-corrected chi connectivity index (χ2v) is 6.77. The fourth-order valence-corrected chi connectivity index (χ4v) is 3.28. The van der Waals surface area contributed by atoms with Gasteiger partial charge in [-0.25, -0.2) is 0 Å². The molecular formula is C21H22N2O. The number of aromatic amines is 1. The predicted octanol–water partition coefficient (Wildman–Crippen LogP) is 4.13. The summed E-state index contributed by atoms with van der Waals surface area (Å²) in [5.74, 6) is 0.600. The van der Waals surface area contributed by atoms with Crippen LogP contribution >= 0.6 is 0 Å². The summed E-state index contributed by atoms with van der Waals surface area (Å²) in [6.07, 6.45) is 4.15. The molecule has 0 spiro atoms. The number of fused-ring (bicyclic) bond motifs is 1. The Bertz CT molecular complexity index is 859. The van der Waals surface area contributed by atoms with Crippen molar-refractivity contribution in [2.45, 2.75) is 25.7 Å². The van der Waals surface area contributed by atoms with Gasteiger partial charge in [0.25, 0.3) is 0 Å². The molecule has 1 aromatic heterocycles. The molecule has 3 heteroatoms. The van der Waals surface area contributed by atoms with E-state index in [1.807, 2.05) is 6.07 Å². The average molecular weight is 318 g/mol. The summed E-state index contributed by atoms with van der Waals surface area (Å²) in [6, 6.07) is 17.0. The van der Waals surface area contributed by atoms with Gasteiger partial charge in [-0.15, -0.1) is 0 Å². The maximum atomic E-state index is 12.1. The molecule has 3 nitrogen and oxygen atoms in total. The van der Waals surface area contributed by atoms with Gasteiger partial charge in [0.05, 0.1) is 0 Å². The fourth-order valence-electron chi connectivity index (χ4n) is 3.28. The predicted molar refractivity (Wildman–Crippen MR) is 97.1 cm³/mol. The van der Waals surface area contributed by atoms with Crippen molar-refractivity contribution in [2.75, 3.05) is 6.54 Å². The van der Waals surface area contributed by atoms with Crippen LogP contribution in [0.15, 0.2) is 54.7 Å². The third-order valence-corrected chi connectivity index (χ3v) is 4.90. The monoisotopic (exact) mass is 318 g/mol. The summed E-state index contributed by atoms with van der Waals surface area (Å²) in [5, 5.41) is 4.38. The lowest BCUT2D eigenvalue weighted by Gasteiger charge is -2.18. The van der Waals surface area contributed by atoms with Crippen molar-refractivity contribution < 1.29 is 4.79 Å². The number of carbonyl (C=O) groups excluding carboxylic acids is 1. The molecule has 1 saturated carbocycles. The number of carbonyl (C=O) groups is 1. The zero-order valence-electron chi connectivity index (χ0n) is 13.9. The summed E-state index contributed by atoms with van der Waals surface area (Å²) in [6.45, 7) is 2.74. The molecule has 122 valence electrons. The zero-order valence-corrected chi connectivity index (χ0v) is 13.9. The van der Waals surface area contributed by atoms with Crippen LogP contribution in [0.1, 0.15) is 35.4 Å². The van der Waals surface area contributed by atoms with Crippen LogP contribution in [0.4, 0.5) is 0 Å². The molecule has 0 aliphatic heterocycles. The van der Waals surface area contributed by atoms with E-state index in [-0.39, 0.29) is 17.7 Å². The van der Waals surface area contributed by atoms with Gasteiger partial charge in [0.1, 0.15) is 0 Å². The third kappa shape index (κ3) is 2.94. The van der Waals surface area contributed by atoms with Gasteiger partial charge < -0.3 is 10.3 Å². The first-order valence-electron chi connectivity index (χ1n) is 8.62. The molecule has 0 bridgehead atoms. The minimum Gasteiger partial charge on any atom is -0.361 e. The highest BCUT2D eigenvalue weighted by atomic mass is 16.2. The first-order valence-corrected chi connectivity index (χ1v) is 8.62. The lowest BCUT2D eigenvalue weighted by Crippen LogP contribution is -2.30. The first kappa shape index (κ1) is 15.0. The van der Waals surface area contributed by atoms with Crippen molar-refractivity contribution >= 4 is 16.8 Å². The molecule has 1 unspecified atom stereocenters. The van der Waals surface area contributed by atoms with Crippen LogP contribution in [0, 0.1) is 12.8 Å². The molecule has 1 fully saturated rings. The Morgan fingerprint density at radius 1 is 1.17 bits per heavy atom. The highest BCUT2D eigenvalue weighted by Gasteiger charge is 2.30. The van der Waals surface area contributed by atoms with E-state index in [9.17, 15) is 4.79 Å². The first-order chi connectivity index (χ1) is 11.7. The fraction of sp³-hybridized carbons (Fsp3) is 0.286. The summed E-state index contributed by atoms with van der Waals surface area (Å²) >= 11 is 0. The van der Waals surface area contributed by atoms with Gasteiger partial charge in [0, 0.05) is 35.5 Å². The molecule has 4 rings (SSSR count). The summed E-state index contributed by atoms with van der Waals surface area (Å²) in [5.41, 5.74) is 4.86. The van der Waals surface area contributed by atoms with Gasteiger partial charge in [-0.1, -0.05) is 48.0 Å². The number of hydrogen-bond donors (Lipinski definition) is 2. The quantitative estimate of drug-likeness (QED) is 0.730. The van der Waals surface area contributed by atoms with E-state index in [4.69, 9.17) is 0 Å². The maximum absolute atomic E-state index is 12.1. The van der Waals surface area contributed by atoms with Crippen LogP contribution < -0.4 is 5.32 Å². The van der Waals surface area contributed by atoms with E-state index in [2.05, 4.69) is 65.9 Å². The molecule has 1 aliphatic rings. The number of para-hydroxylation sites is 1. The highest BCUT2D eigenvalue weighted by molar-refractivity contribution is 5.84. The van der Waals surface area contributed by atoms with Gasteiger partial charge in [-0.2, -0.15) is 0 Å². The Morgan fingerprint density at radius 2 is 1.92 bits per heavy atom. The van der Waals surface area contributed by atoms with E-state index in [0.29, 0.717) is 6.54 Å². The van der Waals surface area contributed by atoms with Gasteiger partial charge in [-0.05, 0) is 37.0 Å². The number of nitrogens with one attached hydrogen (secondary N) is 2. The number of aromatic nitrogens is 1. The number of hydrogen-bond acceptors (Lipinski definition) is 1. The SMILES string of the molecule is Cc1ccc(C(CNC(=O)C2CC2)c2c[nH]c3ccccc23)cc1. The molecule has 1 atom stereocenters. The Kier molecular flexibility index (Phi) is 3.85. The number of benzene rings is 2. The third-order valence-electron chi connectivity index (χ3n) is 4.90. The van der Waals surface area contributed by atoms with Crippen molar-refractivity contribution in [1.82, 2.24) is 10.3 Å². The van der Waals surface area contributed by atoms with Crippen molar-refractivity contribution in [3.8, 4) is 0 Å². The Morgan fingerprint density at radius 3 is 2.67 bits per heavy atom. The van der Waals surface area contributed by atoms with Gasteiger partial charge >= 0.3 is 0 Å². The lowest BCUT2D eigenvalue weighted by atomic mass is 9.90. The topological polar surface area (TPSA) is 44.9 Å². The van der Waals surface area contributed by atoms with Crippen LogP contribution in [-0.2, 0) is 4.79 Å². The minimum absolute atomic E-state index is 0.157. The van der Waals surface area contributed by atoms with E-state index < -0.39 is 0 Å². The number of rotatable bonds is 5. The van der Waals surface area contributed by atoms with Gasteiger partial charge in [0.2, 0.25) is 5.91 Å². The summed E-state index contributed by atoms with van der Waals surface area (Å²) < 4.78 is 0. The lowest BCUT2D eigenvalue weighted by molar-refractivity contribution is -0.122. The molecule has 24 heavy (non-hydrogen) atoms. The Labute approximate surface area is 142 Å². The van der Waals surface area contributed by atoms with Crippen LogP contribution in [0.3, 0.4) is 0 Å². The van der Waals surface area contributed by atoms with Crippen LogP contribution in [0.25, 0.3) is 10.9 Å². The van der Waals surface area contributed by atoms with Crippen LogP contribution in [-0.4, -0.2) is 17.4 Å². The molecule has 0 radical (unpaired) electrons. The van der Waals surface area contributed by atoms with E-state index in [0.717, 1.165) is 18.4 Å². The maximum Gasteiger partial charge on any atom is 0.223 e. The van der Waals surface area contributed by atoms with Crippen molar-refractivity contribution in [2.24, 2.45) is 5.92 Å². The second kappa shape index (κ2) is 6.16. The van der Waals surface area contributed by atoms with Gasteiger partial charge in [0.15, 0.2) is 0 Å². The Balaban J connectivity index is 1.68. The van der Waals surface area contributed by atoms with Crippen LogP contribution in [0.2, 0.25) is 0 Å². The molecule has 0 saturated heterocycles. The van der Waals surface area contributed by atoms with Gasteiger partial charge in [-0.3, -0.25) is 4.79 Å². The van der Waals surface area contributed by atoms with Crippen molar-refractivity contribution in [3.05, 3.63) is 71.4 Å². The Hall–Kier alpha value is -2.55. The molecule has 1 heterocycles. The largest absolute Gasteiger partial charge is 0.361 e. The summed E-state index contributed by atoms with van der Waals surface area (Å²) in [4.78, 5) is 15.5. The highest BCUT2D eigenvalue weighted by Crippen LogP contribution is 2.32. The number of aryl methyl sites for hydroxylation is 1. The average Bonchev–Trinajstić information content (AvgIpc) is 3.37. The normalized spacial score (nSPS) is 15.4. The molecular weight excluding hydrogens is 296 g/mol. The van der Waals surface area contributed by atoms with E-state index in [1.54, 1.807) is 0 Å². The molecule has 3 aromatic rings. The number of amides is 1. The zero-order chi connectivity index (χ0) is 16.5. The molecule has 2 aromatic carbocycles. The summed E-state index contributed by atoms with van der Waals surface area (Å²) in [7, 11) is 0. The molecule has 1 aliphatic carbocycles. The van der Waals surface area contributed by atoms with E-state index >= 15 is 0 Å². The van der Waals surface area contributed by atoms with Crippen LogP contribution in [0.5, 0.6) is 0 Å². The minimum atomic E-state index is 0.157. The smallest absolute Gasteiger partial charge is 0.223 e. The van der Waals surface area contributed by atoms with Crippen molar-refractivity contribution in [3.63, 3.8) is 0 Å². The van der Waals surface area contributed by atoms with E-state index in [1.165, 1.54) is 22.1 Å². The second-order valence-electron chi connectivity index (χ2n) is 6.77. The van der Waals surface area contributed by atoms with Crippen molar-refractivity contribution in [1.29, 1.82) is 0 Å². The molecule has 1 amide bonds. The standard InChI is InChI=1S/C21H22N2O/c1-14-6-8-15(9-7-14)18(12-23-21(24)16-10-11-16)19-13-22-20-5-3-2-4-17(19)20/h2-9,13,16,18,22H,10-12H2,1H3,(H,23,24).